The van der Waals surface area contributed by atoms with Crippen molar-refractivity contribution in [3.8, 4) is 0 Å². The molecule has 2 aromatic heterocycles. The molecule has 0 unspecified atom stereocenters. The van der Waals surface area contributed by atoms with Crippen molar-refractivity contribution >= 4 is 5.69 Å². The van der Waals surface area contributed by atoms with Crippen molar-refractivity contribution in [2.75, 3.05) is 11.9 Å². The van der Waals surface area contributed by atoms with Crippen LogP contribution in [0, 0.1) is 0 Å². The van der Waals surface area contributed by atoms with E-state index in [1.807, 2.05) is 24.7 Å². The lowest BCUT2D eigenvalue weighted by Gasteiger charge is -2.25. The normalized spacial score (nSPS) is 11.4. The monoisotopic (exact) mass is 284 g/mol. The van der Waals surface area contributed by atoms with Crippen LogP contribution < -0.4 is 10.2 Å². The molecule has 0 aliphatic carbocycles. The molecule has 0 bridgehead atoms. The Hall–Kier alpha value is -1.94. The topological polar surface area (TPSA) is 41.1 Å². The van der Waals surface area contributed by atoms with Gasteiger partial charge in [0.1, 0.15) is 0 Å². The van der Waals surface area contributed by atoms with Crippen molar-refractivity contribution in [3.05, 3.63) is 54.1 Å². The van der Waals surface area contributed by atoms with Crippen LogP contribution in [0.1, 0.15) is 31.9 Å². The number of rotatable bonds is 5. The predicted molar refractivity (Wildman–Crippen MR) is 87.2 cm³/mol. The number of nitrogens with zero attached hydrogens (tertiary/aromatic N) is 3. The minimum Gasteiger partial charge on any atom is -0.370 e. The van der Waals surface area contributed by atoms with E-state index in [0.29, 0.717) is 0 Å². The maximum atomic E-state index is 4.26. The smallest absolute Gasteiger partial charge is 0.0443 e. The summed E-state index contributed by atoms with van der Waals surface area (Å²) in [4.78, 5) is 10.7. The molecule has 0 fully saturated rings. The van der Waals surface area contributed by atoms with Crippen LogP contribution in [0.3, 0.4) is 0 Å². The lowest BCUT2D eigenvalue weighted by molar-refractivity contribution is 0.424. The van der Waals surface area contributed by atoms with Crippen molar-refractivity contribution in [1.82, 2.24) is 15.3 Å². The van der Waals surface area contributed by atoms with Gasteiger partial charge < -0.3 is 10.2 Å². The van der Waals surface area contributed by atoms with Gasteiger partial charge in [-0.3, -0.25) is 9.97 Å². The van der Waals surface area contributed by atoms with E-state index in [2.05, 4.69) is 60.1 Å². The largest absolute Gasteiger partial charge is 0.370 e. The molecule has 2 heterocycles. The molecule has 0 spiro atoms. The molecule has 0 atom stereocenters. The number of hydrogen-bond donors (Lipinski definition) is 1. The van der Waals surface area contributed by atoms with Crippen LogP contribution in [0.25, 0.3) is 0 Å². The van der Waals surface area contributed by atoms with Crippen molar-refractivity contribution < 1.29 is 0 Å². The molecule has 0 saturated carbocycles. The van der Waals surface area contributed by atoms with Gasteiger partial charge in [0, 0.05) is 61.7 Å². The minimum absolute atomic E-state index is 0.0923. The third-order valence-electron chi connectivity index (χ3n) is 3.24. The number of aromatic nitrogens is 2. The average molecular weight is 284 g/mol. The van der Waals surface area contributed by atoms with Crippen LogP contribution in [0.2, 0.25) is 0 Å². The van der Waals surface area contributed by atoms with E-state index in [9.17, 15) is 0 Å². The third kappa shape index (κ3) is 4.83. The number of pyridine rings is 2. The summed E-state index contributed by atoms with van der Waals surface area (Å²) in [7, 11) is 2.10. The van der Waals surface area contributed by atoms with Crippen molar-refractivity contribution in [3.63, 3.8) is 0 Å². The zero-order valence-electron chi connectivity index (χ0n) is 13.3. The first-order chi connectivity index (χ1) is 9.96. The summed E-state index contributed by atoms with van der Waals surface area (Å²) in [5, 5.41) is 3.52. The predicted octanol–water partition coefficient (Wildman–Crippen LogP) is 3.00. The van der Waals surface area contributed by atoms with Gasteiger partial charge in [-0.15, -0.1) is 0 Å². The van der Waals surface area contributed by atoms with Crippen LogP contribution in [-0.4, -0.2) is 22.6 Å². The first-order valence-electron chi connectivity index (χ1n) is 7.24. The second-order valence-corrected chi connectivity index (χ2v) is 6.33. The maximum absolute atomic E-state index is 4.26. The van der Waals surface area contributed by atoms with Gasteiger partial charge in [-0.1, -0.05) is 6.07 Å². The molecule has 4 heteroatoms. The zero-order chi connectivity index (χ0) is 15.3. The molecule has 112 valence electrons. The maximum Gasteiger partial charge on any atom is 0.0443 e. The Labute approximate surface area is 127 Å². The van der Waals surface area contributed by atoms with E-state index >= 15 is 0 Å². The van der Waals surface area contributed by atoms with Crippen LogP contribution in [0.5, 0.6) is 0 Å². The van der Waals surface area contributed by atoms with E-state index in [1.54, 1.807) is 6.20 Å². The minimum atomic E-state index is 0.0923. The Balaban J connectivity index is 2.11. The Morgan fingerprint density at radius 2 is 1.86 bits per heavy atom. The quantitative estimate of drug-likeness (QED) is 0.916. The zero-order valence-corrected chi connectivity index (χ0v) is 13.3. The molecule has 21 heavy (non-hydrogen) atoms. The third-order valence-corrected chi connectivity index (χ3v) is 3.24. The summed E-state index contributed by atoms with van der Waals surface area (Å²) >= 11 is 0. The molecule has 0 saturated heterocycles. The summed E-state index contributed by atoms with van der Waals surface area (Å²) < 4.78 is 0. The van der Waals surface area contributed by atoms with E-state index in [-0.39, 0.29) is 5.54 Å². The number of anilines is 1. The van der Waals surface area contributed by atoms with E-state index in [1.165, 1.54) is 16.8 Å². The fourth-order valence-corrected chi connectivity index (χ4v) is 2.14. The molecule has 0 radical (unpaired) electrons. The Kier molecular flexibility index (Phi) is 4.91. The molecule has 2 rings (SSSR count). The molecular weight excluding hydrogens is 260 g/mol. The Morgan fingerprint density at radius 3 is 2.52 bits per heavy atom. The molecular formula is C17H24N4. The van der Waals surface area contributed by atoms with Gasteiger partial charge in [0.15, 0.2) is 0 Å². The van der Waals surface area contributed by atoms with Crippen LogP contribution in [0.15, 0.2) is 43.0 Å². The van der Waals surface area contributed by atoms with Gasteiger partial charge in [-0.05, 0) is 38.5 Å². The second kappa shape index (κ2) is 6.68. The molecule has 0 aliphatic heterocycles. The van der Waals surface area contributed by atoms with Crippen LogP contribution >= 0.6 is 0 Å². The average Bonchev–Trinajstić information content (AvgIpc) is 2.46. The van der Waals surface area contributed by atoms with Gasteiger partial charge in [0.05, 0.1) is 0 Å². The highest BCUT2D eigenvalue weighted by atomic mass is 15.1. The van der Waals surface area contributed by atoms with E-state index < -0.39 is 0 Å². The highest BCUT2D eigenvalue weighted by Gasteiger charge is 2.12. The Bertz CT molecular complexity index is 561. The van der Waals surface area contributed by atoms with Gasteiger partial charge in [0.2, 0.25) is 0 Å². The lowest BCUT2D eigenvalue weighted by atomic mass is 10.1. The molecule has 0 amide bonds. The fraction of sp³-hybridized carbons (Fsp3) is 0.412. The Morgan fingerprint density at radius 1 is 1.10 bits per heavy atom. The summed E-state index contributed by atoms with van der Waals surface area (Å²) in [5.41, 5.74) is 3.70. The second-order valence-electron chi connectivity index (χ2n) is 6.33. The van der Waals surface area contributed by atoms with Crippen LogP contribution in [0.4, 0.5) is 5.69 Å². The molecule has 1 N–H and O–H groups in total. The lowest BCUT2D eigenvalue weighted by Crippen LogP contribution is -2.35. The van der Waals surface area contributed by atoms with Crippen molar-refractivity contribution in [1.29, 1.82) is 0 Å². The molecule has 0 aromatic carbocycles. The first-order valence-corrected chi connectivity index (χ1v) is 7.24. The highest BCUT2D eigenvalue weighted by Crippen LogP contribution is 2.20. The van der Waals surface area contributed by atoms with Crippen molar-refractivity contribution in [2.24, 2.45) is 0 Å². The fourth-order valence-electron chi connectivity index (χ4n) is 2.14. The number of nitrogens with one attached hydrogen (secondary N) is 1. The number of hydrogen-bond acceptors (Lipinski definition) is 4. The standard InChI is InChI=1S/C17H24N4/c1-17(2,3)20-12-15-11-19-9-7-16(15)21(4)13-14-6-5-8-18-10-14/h5-11,20H,12-13H2,1-4H3. The highest BCUT2D eigenvalue weighted by molar-refractivity contribution is 5.51. The first kappa shape index (κ1) is 15.4. The van der Waals surface area contributed by atoms with Crippen molar-refractivity contribution in [2.45, 2.75) is 39.4 Å². The summed E-state index contributed by atoms with van der Waals surface area (Å²) in [6.45, 7) is 8.15. The summed E-state index contributed by atoms with van der Waals surface area (Å²) in [6.07, 6.45) is 7.49. The SMILES string of the molecule is CN(Cc1cccnc1)c1ccncc1CNC(C)(C)C. The van der Waals surface area contributed by atoms with Gasteiger partial charge in [0.25, 0.3) is 0 Å². The van der Waals surface area contributed by atoms with Gasteiger partial charge in [-0.2, -0.15) is 0 Å². The molecule has 2 aromatic rings. The van der Waals surface area contributed by atoms with Gasteiger partial charge >= 0.3 is 0 Å². The summed E-state index contributed by atoms with van der Waals surface area (Å²) in [6, 6.07) is 6.13. The summed E-state index contributed by atoms with van der Waals surface area (Å²) in [5.74, 6) is 0. The van der Waals surface area contributed by atoms with E-state index in [4.69, 9.17) is 0 Å². The van der Waals surface area contributed by atoms with Crippen LogP contribution in [-0.2, 0) is 13.1 Å². The van der Waals surface area contributed by atoms with Gasteiger partial charge in [-0.25, -0.2) is 0 Å². The molecule has 0 aliphatic rings. The van der Waals surface area contributed by atoms with E-state index in [0.717, 1.165) is 13.1 Å². The molecule has 4 nitrogen and oxygen atoms in total.